The summed E-state index contributed by atoms with van der Waals surface area (Å²) in [5.74, 6) is 0.473. The maximum Gasteiger partial charge on any atom is 0.305 e. The van der Waals surface area contributed by atoms with Gasteiger partial charge in [-0.1, -0.05) is 35.9 Å². The highest BCUT2D eigenvalue weighted by Gasteiger charge is 2.09. The molecule has 140 valence electrons. The molecular formula is C21H27NO4. The van der Waals surface area contributed by atoms with Crippen LogP contribution in [0.15, 0.2) is 42.5 Å². The Labute approximate surface area is 155 Å². The molecule has 26 heavy (non-hydrogen) atoms. The number of nitrogen functional groups attached to an aromatic ring is 1. The average molecular weight is 357 g/mol. The van der Waals surface area contributed by atoms with Crippen molar-refractivity contribution in [2.24, 2.45) is 0 Å². The number of carbonyl (C=O) groups is 2. The van der Waals surface area contributed by atoms with Crippen molar-refractivity contribution >= 4 is 17.4 Å². The predicted octanol–water partition coefficient (Wildman–Crippen LogP) is 3.65. The second-order valence-electron chi connectivity index (χ2n) is 5.96. The Bertz CT molecular complexity index is 741. The maximum atomic E-state index is 11.7. The number of benzene rings is 2. The van der Waals surface area contributed by atoms with E-state index in [1.54, 1.807) is 13.2 Å². The molecule has 0 heterocycles. The molecule has 0 atom stereocenters. The quantitative estimate of drug-likeness (QED) is 0.631. The van der Waals surface area contributed by atoms with Crippen LogP contribution in [0.25, 0.3) is 0 Å². The number of esters is 1. The summed E-state index contributed by atoms with van der Waals surface area (Å²) in [6, 6.07) is 13.4. The van der Waals surface area contributed by atoms with E-state index in [9.17, 15) is 9.59 Å². The first-order valence-corrected chi connectivity index (χ1v) is 8.40. The van der Waals surface area contributed by atoms with E-state index in [1.165, 1.54) is 7.11 Å². The number of para-hydroxylation sites is 2. The van der Waals surface area contributed by atoms with Crippen molar-refractivity contribution < 1.29 is 19.1 Å². The predicted molar refractivity (Wildman–Crippen MR) is 103 cm³/mol. The molecule has 5 nitrogen and oxygen atoms in total. The van der Waals surface area contributed by atoms with Crippen LogP contribution in [0.2, 0.25) is 0 Å². The van der Waals surface area contributed by atoms with Gasteiger partial charge in [0, 0.05) is 12.8 Å². The van der Waals surface area contributed by atoms with Crippen molar-refractivity contribution in [3.63, 3.8) is 0 Å². The minimum absolute atomic E-state index is 0.0732. The maximum absolute atomic E-state index is 11.7. The summed E-state index contributed by atoms with van der Waals surface area (Å²) in [5, 5.41) is 0. The summed E-state index contributed by atoms with van der Waals surface area (Å²) in [4.78, 5) is 22.6. The highest BCUT2D eigenvalue weighted by molar-refractivity contribution is 5.84. The van der Waals surface area contributed by atoms with Crippen LogP contribution in [0, 0.1) is 13.8 Å². The van der Waals surface area contributed by atoms with E-state index in [0.717, 1.165) is 22.4 Å². The molecule has 2 N–H and O–H groups in total. The minimum atomic E-state index is -0.334. The number of methoxy groups -OCH3 is 2. The zero-order valence-electron chi connectivity index (χ0n) is 15.9. The molecule has 0 aromatic heterocycles. The third-order valence-corrected chi connectivity index (χ3v) is 3.87. The summed E-state index contributed by atoms with van der Waals surface area (Å²) in [6.07, 6.45) is 0.810. The van der Waals surface area contributed by atoms with Gasteiger partial charge in [0.05, 0.1) is 26.3 Å². The van der Waals surface area contributed by atoms with Crippen LogP contribution in [0.3, 0.4) is 0 Å². The Balaban J connectivity index is 0.000000314. The zero-order valence-corrected chi connectivity index (χ0v) is 15.9. The number of aryl methyl sites for hydroxylation is 2. The van der Waals surface area contributed by atoms with E-state index in [4.69, 9.17) is 10.5 Å². The number of hydrogen-bond acceptors (Lipinski definition) is 5. The molecule has 2 rings (SSSR count). The molecule has 0 unspecified atom stereocenters. The molecule has 5 heteroatoms. The number of hydrogen-bond donors (Lipinski definition) is 1. The number of ether oxygens (including phenoxy) is 2. The average Bonchev–Trinajstić information content (AvgIpc) is 2.63. The first-order chi connectivity index (χ1) is 12.4. The van der Waals surface area contributed by atoms with Crippen LogP contribution in [-0.4, -0.2) is 26.0 Å². The molecule has 0 fully saturated rings. The van der Waals surface area contributed by atoms with Crippen molar-refractivity contribution in [1.29, 1.82) is 0 Å². The lowest BCUT2D eigenvalue weighted by Gasteiger charge is -2.06. The van der Waals surface area contributed by atoms with Crippen LogP contribution in [0.4, 0.5) is 5.69 Å². The standard InChI is InChI=1S/C14H18O3.C7H9NO/c1-10-4-5-11(2)12(8-10)9-13(15)6-7-14(16)17-3;1-9-7-5-3-2-4-6(7)8/h4-5,8H,6-7,9H2,1-3H3;2-5H,8H2,1H3. The first-order valence-electron chi connectivity index (χ1n) is 8.40. The van der Waals surface area contributed by atoms with Crippen LogP contribution < -0.4 is 10.5 Å². The lowest BCUT2D eigenvalue weighted by molar-refractivity contribution is -0.141. The zero-order chi connectivity index (χ0) is 19.5. The van der Waals surface area contributed by atoms with Crippen LogP contribution >= 0.6 is 0 Å². The fourth-order valence-corrected chi connectivity index (χ4v) is 2.30. The second kappa shape index (κ2) is 10.9. The number of ketones is 1. The van der Waals surface area contributed by atoms with Crippen LogP contribution in [0.5, 0.6) is 5.75 Å². The highest BCUT2D eigenvalue weighted by Crippen LogP contribution is 2.18. The third-order valence-electron chi connectivity index (χ3n) is 3.87. The van der Waals surface area contributed by atoms with Crippen molar-refractivity contribution in [3.8, 4) is 5.75 Å². The lowest BCUT2D eigenvalue weighted by atomic mass is 9.99. The summed E-state index contributed by atoms with van der Waals surface area (Å²) in [7, 11) is 2.93. The fourth-order valence-electron chi connectivity index (χ4n) is 2.30. The Hall–Kier alpha value is -2.82. The Kier molecular flexibility index (Phi) is 8.92. The molecule has 0 aliphatic heterocycles. The molecule has 0 radical (unpaired) electrons. The number of anilines is 1. The smallest absolute Gasteiger partial charge is 0.305 e. The minimum Gasteiger partial charge on any atom is -0.495 e. The molecular weight excluding hydrogens is 330 g/mol. The Morgan fingerprint density at radius 2 is 1.69 bits per heavy atom. The van der Waals surface area contributed by atoms with E-state index in [2.05, 4.69) is 4.74 Å². The molecule has 0 aliphatic carbocycles. The van der Waals surface area contributed by atoms with Gasteiger partial charge in [0.25, 0.3) is 0 Å². The van der Waals surface area contributed by atoms with Crippen molar-refractivity contribution in [3.05, 3.63) is 59.2 Å². The third kappa shape index (κ3) is 7.38. The van der Waals surface area contributed by atoms with Crippen molar-refractivity contribution in [2.75, 3.05) is 20.0 Å². The molecule has 0 aliphatic rings. The van der Waals surface area contributed by atoms with Gasteiger partial charge in [0.15, 0.2) is 0 Å². The second-order valence-corrected chi connectivity index (χ2v) is 5.96. The van der Waals surface area contributed by atoms with E-state index in [-0.39, 0.29) is 24.6 Å². The summed E-state index contributed by atoms with van der Waals surface area (Å²) >= 11 is 0. The largest absolute Gasteiger partial charge is 0.495 e. The van der Waals surface area contributed by atoms with Crippen LogP contribution in [-0.2, 0) is 20.7 Å². The molecule has 0 amide bonds. The normalized spacial score (nSPS) is 9.69. The van der Waals surface area contributed by atoms with Crippen molar-refractivity contribution in [2.45, 2.75) is 33.1 Å². The van der Waals surface area contributed by atoms with E-state index in [0.29, 0.717) is 12.1 Å². The Morgan fingerprint density at radius 3 is 2.27 bits per heavy atom. The van der Waals surface area contributed by atoms with Gasteiger partial charge in [-0.3, -0.25) is 9.59 Å². The monoisotopic (exact) mass is 357 g/mol. The van der Waals surface area contributed by atoms with Gasteiger partial charge in [-0.2, -0.15) is 0 Å². The van der Waals surface area contributed by atoms with E-state index >= 15 is 0 Å². The van der Waals surface area contributed by atoms with Gasteiger partial charge < -0.3 is 15.2 Å². The number of rotatable bonds is 6. The number of nitrogens with two attached hydrogens (primary N) is 1. The van der Waals surface area contributed by atoms with E-state index < -0.39 is 0 Å². The van der Waals surface area contributed by atoms with Crippen LogP contribution in [0.1, 0.15) is 29.5 Å². The summed E-state index contributed by atoms with van der Waals surface area (Å²) < 4.78 is 9.42. The molecule has 0 saturated heterocycles. The lowest BCUT2D eigenvalue weighted by Crippen LogP contribution is -2.08. The van der Waals surface area contributed by atoms with Gasteiger partial charge >= 0.3 is 5.97 Å². The number of carbonyl (C=O) groups excluding carboxylic acids is 2. The van der Waals surface area contributed by atoms with Gasteiger partial charge in [0.1, 0.15) is 11.5 Å². The number of Topliss-reactive ketones (excluding diaryl/α,β-unsaturated/α-hetero) is 1. The van der Waals surface area contributed by atoms with Gasteiger partial charge in [-0.05, 0) is 37.1 Å². The fraction of sp³-hybridized carbons (Fsp3) is 0.333. The molecule has 0 bridgehead atoms. The summed E-state index contributed by atoms with van der Waals surface area (Å²) in [6.45, 7) is 3.99. The summed E-state index contributed by atoms with van der Waals surface area (Å²) in [5.41, 5.74) is 9.49. The van der Waals surface area contributed by atoms with Gasteiger partial charge in [-0.15, -0.1) is 0 Å². The van der Waals surface area contributed by atoms with E-state index in [1.807, 2.05) is 50.2 Å². The first kappa shape index (κ1) is 21.2. The SMILES string of the molecule is COC(=O)CCC(=O)Cc1cc(C)ccc1C.COc1ccccc1N. The highest BCUT2D eigenvalue weighted by atomic mass is 16.5. The molecule has 0 saturated carbocycles. The molecule has 0 spiro atoms. The van der Waals surface area contributed by atoms with Crippen molar-refractivity contribution in [1.82, 2.24) is 0 Å². The topological polar surface area (TPSA) is 78.6 Å². The molecule has 2 aromatic carbocycles. The van der Waals surface area contributed by atoms with Gasteiger partial charge in [-0.25, -0.2) is 0 Å². The Morgan fingerprint density at radius 1 is 1.00 bits per heavy atom. The van der Waals surface area contributed by atoms with Gasteiger partial charge in [0.2, 0.25) is 0 Å². The molecule has 2 aromatic rings.